The predicted molar refractivity (Wildman–Crippen MR) is 73.7 cm³/mol. The Kier molecular flexibility index (Phi) is 4.55. The molecule has 2 amide bonds. The first-order valence-corrected chi connectivity index (χ1v) is 6.75. The lowest BCUT2D eigenvalue weighted by atomic mass is 10.0. The highest BCUT2D eigenvalue weighted by Gasteiger charge is 2.20. The maximum Gasteiger partial charge on any atom is 0.220 e. The van der Waals surface area contributed by atoms with Gasteiger partial charge < -0.3 is 10.6 Å². The van der Waals surface area contributed by atoms with E-state index in [1.807, 2.05) is 12.1 Å². The van der Waals surface area contributed by atoms with Crippen molar-refractivity contribution in [3.8, 4) is 0 Å². The smallest absolute Gasteiger partial charge is 0.220 e. The van der Waals surface area contributed by atoms with E-state index in [9.17, 15) is 9.59 Å². The van der Waals surface area contributed by atoms with Crippen molar-refractivity contribution in [1.29, 1.82) is 0 Å². The fourth-order valence-corrected chi connectivity index (χ4v) is 2.29. The Bertz CT molecular complexity index is 471. The fraction of sp³-hybridized carbons (Fsp3) is 0.467. The van der Waals surface area contributed by atoms with E-state index in [1.54, 1.807) is 0 Å². The molecule has 1 aromatic rings. The van der Waals surface area contributed by atoms with Crippen LogP contribution >= 0.6 is 0 Å². The molecule has 102 valence electrons. The van der Waals surface area contributed by atoms with Gasteiger partial charge in [0.05, 0.1) is 0 Å². The number of carbonyl (C=O) groups excluding carboxylic acids is 2. The SMILES string of the molecule is Cc1ccccc1CCC(=O)NCC1CCC(=O)N1. The fourth-order valence-electron chi connectivity index (χ4n) is 2.29. The number of benzene rings is 1. The quantitative estimate of drug-likeness (QED) is 0.839. The van der Waals surface area contributed by atoms with Crippen molar-refractivity contribution in [2.24, 2.45) is 0 Å². The summed E-state index contributed by atoms with van der Waals surface area (Å²) in [4.78, 5) is 22.8. The van der Waals surface area contributed by atoms with E-state index >= 15 is 0 Å². The van der Waals surface area contributed by atoms with Crippen LogP contribution in [0.2, 0.25) is 0 Å². The molecular formula is C15H20N2O2. The molecule has 1 saturated heterocycles. The van der Waals surface area contributed by atoms with Gasteiger partial charge in [0.1, 0.15) is 0 Å². The van der Waals surface area contributed by atoms with Crippen LogP contribution in [0.4, 0.5) is 0 Å². The summed E-state index contributed by atoms with van der Waals surface area (Å²) in [6, 6.07) is 8.21. The Morgan fingerprint density at radius 1 is 1.42 bits per heavy atom. The lowest BCUT2D eigenvalue weighted by Gasteiger charge is -2.11. The lowest BCUT2D eigenvalue weighted by molar-refractivity contribution is -0.122. The van der Waals surface area contributed by atoms with Crippen molar-refractivity contribution in [3.05, 3.63) is 35.4 Å². The Labute approximate surface area is 113 Å². The average molecular weight is 260 g/mol. The molecule has 1 unspecified atom stereocenters. The molecule has 4 heteroatoms. The zero-order valence-corrected chi connectivity index (χ0v) is 11.2. The first kappa shape index (κ1) is 13.6. The molecule has 2 rings (SSSR count). The molecular weight excluding hydrogens is 240 g/mol. The second-order valence-corrected chi connectivity index (χ2v) is 5.03. The molecule has 0 radical (unpaired) electrons. The maximum atomic E-state index is 11.7. The van der Waals surface area contributed by atoms with Crippen LogP contribution in [0.3, 0.4) is 0 Å². The third-order valence-corrected chi connectivity index (χ3v) is 3.51. The molecule has 1 atom stereocenters. The minimum absolute atomic E-state index is 0.0457. The second kappa shape index (κ2) is 6.36. The van der Waals surface area contributed by atoms with E-state index in [0.717, 1.165) is 12.8 Å². The van der Waals surface area contributed by atoms with Gasteiger partial charge >= 0.3 is 0 Å². The van der Waals surface area contributed by atoms with Crippen molar-refractivity contribution >= 4 is 11.8 Å². The number of hydrogen-bond donors (Lipinski definition) is 2. The first-order chi connectivity index (χ1) is 9.15. The third kappa shape index (κ3) is 4.09. The highest BCUT2D eigenvalue weighted by molar-refractivity contribution is 5.79. The average Bonchev–Trinajstić information content (AvgIpc) is 2.81. The van der Waals surface area contributed by atoms with Gasteiger partial charge in [-0.1, -0.05) is 24.3 Å². The summed E-state index contributed by atoms with van der Waals surface area (Å²) >= 11 is 0. The Balaban J connectivity index is 1.70. The summed E-state index contributed by atoms with van der Waals surface area (Å²) in [7, 11) is 0. The van der Waals surface area contributed by atoms with Gasteiger partial charge in [-0.05, 0) is 30.9 Å². The van der Waals surface area contributed by atoms with Crippen LogP contribution in [-0.2, 0) is 16.0 Å². The van der Waals surface area contributed by atoms with E-state index in [4.69, 9.17) is 0 Å². The van der Waals surface area contributed by atoms with Crippen LogP contribution in [-0.4, -0.2) is 24.4 Å². The molecule has 1 aliphatic heterocycles. The van der Waals surface area contributed by atoms with Gasteiger partial charge in [-0.2, -0.15) is 0 Å². The summed E-state index contributed by atoms with van der Waals surface area (Å²) in [5.41, 5.74) is 2.44. The molecule has 4 nitrogen and oxygen atoms in total. The van der Waals surface area contributed by atoms with Crippen molar-refractivity contribution in [2.75, 3.05) is 6.54 Å². The van der Waals surface area contributed by atoms with Crippen LogP contribution in [0.25, 0.3) is 0 Å². The summed E-state index contributed by atoms with van der Waals surface area (Å²) in [6.07, 6.45) is 2.64. The molecule has 1 aliphatic rings. The normalized spacial score (nSPS) is 18.2. The van der Waals surface area contributed by atoms with E-state index in [0.29, 0.717) is 19.4 Å². The predicted octanol–water partition coefficient (Wildman–Crippen LogP) is 1.32. The molecule has 0 bridgehead atoms. The van der Waals surface area contributed by atoms with E-state index in [-0.39, 0.29) is 17.9 Å². The van der Waals surface area contributed by atoms with Gasteiger partial charge in [-0.25, -0.2) is 0 Å². The van der Waals surface area contributed by atoms with Gasteiger partial charge in [0, 0.05) is 25.4 Å². The lowest BCUT2D eigenvalue weighted by Crippen LogP contribution is -2.38. The summed E-state index contributed by atoms with van der Waals surface area (Å²) < 4.78 is 0. The molecule has 0 spiro atoms. The number of nitrogens with one attached hydrogen (secondary N) is 2. The van der Waals surface area contributed by atoms with E-state index in [1.165, 1.54) is 11.1 Å². The minimum atomic E-state index is 0.0457. The topological polar surface area (TPSA) is 58.2 Å². The molecule has 1 heterocycles. The van der Waals surface area contributed by atoms with Crippen LogP contribution < -0.4 is 10.6 Å². The van der Waals surface area contributed by atoms with Crippen molar-refractivity contribution < 1.29 is 9.59 Å². The van der Waals surface area contributed by atoms with Crippen LogP contribution in [0, 0.1) is 6.92 Å². The number of rotatable bonds is 5. The van der Waals surface area contributed by atoms with Gasteiger partial charge in [0.15, 0.2) is 0 Å². The standard InChI is InChI=1S/C15H20N2O2/c1-11-4-2-3-5-12(11)6-8-14(18)16-10-13-7-9-15(19)17-13/h2-5,13H,6-10H2,1H3,(H,16,18)(H,17,19). The second-order valence-electron chi connectivity index (χ2n) is 5.03. The largest absolute Gasteiger partial charge is 0.354 e. The van der Waals surface area contributed by atoms with Crippen LogP contribution in [0.5, 0.6) is 0 Å². The monoisotopic (exact) mass is 260 g/mol. The van der Waals surface area contributed by atoms with Gasteiger partial charge in [-0.3, -0.25) is 9.59 Å². The zero-order valence-electron chi connectivity index (χ0n) is 11.2. The minimum Gasteiger partial charge on any atom is -0.354 e. The molecule has 2 N–H and O–H groups in total. The molecule has 1 aromatic carbocycles. The number of carbonyl (C=O) groups is 2. The summed E-state index contributed by atoms with van der Waals surface area (Å²) in [6.45, 7) is 2.60. The Hall–Kier alpha value is -1.84. The highest BCUT2D eigenvalue weighted by atomic mass is 16.2. The highest BCUT2D eigenvalue weighted by Crippen LogP contribution is 2.09. The molecule has 19 heavy (non-hydrogen) atoms. The molecule has 0 saturated carbocycles. The van der Waals surface area contributed by atoms with E-state index in [2.05, 4.69) is 29.7 Å². The molecule has 1 fully saturated rings. The van der Waals surface area contributed by atoms with Gasteiger partial charge in [0.25, 0.3) is 0 Å². The number of hydrogen-bond acceptors (Lipinski definition) is 2. The zero-order chi connectivity index (χ0) is 13.7. The maximum absolute atomic E-state index is 11.7. The molecule has 0 aliphatic carbocycles. The number of amides is 2. The summed E-state index contributed by atoms with van der Waals surface area (Å²) in [5, 5.41) is 5.72. The van der Waals surface area contributed by atoms with Gasteiger partial charge in [-0.15, -0.1) is 0 Å². The van der Waals surface area contributed by atoms with Crippen molar-refractivity contribution in [1.82, 2.24) is 10.6 Å². The van der Waals surface area contributed by atoms with E-state index < -0.39 is 0 Å². The van der Waals surface area contributed by atoms with Crippen LogP contribution in [0.15, 0.2) is 24.3 Å². The molecule has 0 aromatic heterocycles. The van der Waals surface area contributed by atoms with Crippen molar-refractivity contribution in [3.63, 3.8) is 0 Å². The van der Waals surface area contributed by atoms with Crippen LogP contribution in [0.1, 0.15) is 30.4 Å². The van der Waals surface area contributed by atoms with Crippen molar-refractivity contribution in [2.45, 2.75) is 38.6 Å². The first-order valence-electron chi connectivity index (χ1n) is 6.75. The third-order valence-electron chi connectivity index (χ3n) is 3.51. The summed E-state index contributed by atoms with van der Waals surface area (Å²) in [5.74, 6) is 0.128. The Morgan fingerprint density at radius 3 is 2.89 bits per heavy atom. The number of aryl methyl sites for hydroxylation is 2. The Morgan fingerprint density at radius 2 is 2.21 bits per heavy atom. The van der Waals surface area contributed by atoms with Gasteiger partial charge in [0.2, 0.25) is 11.8 Å².